The molecule has 3 aliphatic rings. The third-order valence-electron chi connectivity index (χ3n) is 3.95. The molecule has 1 aliphatic carbocycles. The van der Waals surface area contributed by atoms with E-state index in [-0.39, 0.29) is 0 Å². The molecule has 2 aliphatic heterocycles. The quantitative estimate of drug-likeness (QED) is 0.635. The minimum Gasteiger partial charge on any atom is -0.300 e. The molecule has 15 heavy (non-hydrogen) atoms. The fourth-order valence-electron chi connectivity index (χ4n) is 3.44. The molecule has 0 radical (unpaired) electrons. The molecule has 0 aromatic heterocycles. The summed E-state index contributed by atoms with van der Waals surface area (Å²) in [7, 11) is 2.33. The van der Waals surface area contributed by atoms with Crippen LogP contribution in [0.2, 0.25) is 0 Å². The van der Waals surface area contributed by atoms with Gasteiger partial charge in [0, 0.05) is 12.1 Å². The first-order valence-corrected chi connectivity index (χ1v) is 6.83. The molecule has 3 rings (SSSR count). The molecular weight excluding hydrogens is 182 g/mol. The number of hydrogen-bond acceptors (Lipinski definition) is 1. The van der Waals surface area contributed by atoms with Crippen LogP contribution in [0.4, 0.5) is 0 Å². The molecule has 2 saturated heterocycles. The van der Waals surface area contributed by atoms with Gasteiger partial charge >= 0.3 is 0 Å². The molecular formula is C14H29N. The summed E-state index contributed by atoms with van der Waals surface area (Å²) in [6.45, 7) is 9.00. The van der Waals surface area contributed by atoms with Crippen molar-refractivity contribution in [2.75, 3.05) is 7.05 Å². The molecule has 1 atom stereocenters. The van der Waals surface area contributed by atoms with Crippen LogP contribution in [0.15, 0.2) is 0 Å². The summed E-state index contributed by atoms with van der Waals surface area (Å²) in [5, 5.41) is 0. The average Bonchev–Trinajstić information content (AvgIpc) is 2.19. The minimum absolute atomic E-state index is 0.850. The second-order valence-corrected chi connectivity index (χ2v) is 5.68. The molecule has 2 heterocycles. The summed E-state index contributed by atoms with van der Waals surface area (Å²) in [6.07, 6.45) is 7.17. The fourth-order valence-corrected chi connectivity index (χ4v) is 3.44. The highest BCUT2D eigenvalue weighted by Gasteiger charge is 2.40. The average molecular weight is 211 g/mol. The van der Waals surface area contributed by atoms with E-state index in [4.69, 9.17) is 0 Å². The lowest BCUT2D eigenvalue weighted by atomic mass is 9.71. The van der Waals surface area contributed by atoms with E-state index in [2.05, 4.69) is 39.6 Å². The second-order valence-electron chi connectivity index (χ2n) is 5.68. The Balaban J connectivity index is 0.000000337. The zero-order chi connectivity index (χ0) is 11.4. The van der Waals surface area contributed by atoms with Crippen LogP contribution >= 0.6 is 0 Å². The minimum atomic E-state index is 0.850. The first-order valence-electron chi connectivity index (χ1n) is 6.83. The Bertz CT molecular complexity index is 166. The van der Waals surface area contributed by atoms with Gasteiger partial charge < -0.3 is 0 Å². The normalized spacial score (nSPS) is 35.2. The highest BCUT2D eigenvalue weighted by Crippen LogP contribution is 2.41. The lowest BCUT2D eigenvalue weighted by Gasteiger charge is -2.51. The van der Waals surface area contributed by atoms with E-state index < -0.39 is 0 Å². The molecule has 1 unspecified atom stereocenters. The van der Waals surface area contributed by atoms with Crippen LogP contribution in [0, 0.1) is 11.8 Å². The van der Waals surface area contributed by atoms with Gasteiger partial charge in [0.15, 0.2) is 0 Å². The molecule has 90 valence electrons. The zero-order valence-corrected chi connectivity index (χ0v) is 11.3. The monoisotopic (exact) mass is 211 g/mol. The van der Waals surface area contributed by atoms with Crippen LogP contribution in [-0.4, -0.2) is 24.0 Å². The Hall–Kier alpha value is -0.0400. The number of hydrogen-bond donors (Lipinski definition) is 0. The van der Waals surface area contributed by atoms with Crippen molar-refractivity contribution in [2.45, 2.75) is 71.9 Å². The summed E-state index contributed by atoms with van der Waals surface area (Å²) in [4.78, 5) is 2.66. The van der Waals surface area contributed by atoms with Gasteiger partial charge in [-0.15, -0.1) is 0 Å². The van der Waals surface area contributed by atoms with Gasteiger partial charge in [0.05, 0.1) is 0 Å². The van der Waals surface area contributed by atoms with Crippen molar-refractivity contribution in [3.8, 4) is 0 Å². The van der Waals surface area contributed by atoms with Crippen molar-refractivity contribution < 1.29 is 0 Å². The Morgan fingerprint density at radius 3 is 1.80 bits per heavy atom. The van der Waals surface area contributed by atoms with Crippen molar-refractivity contribution in [3.63, 3.8) is 0 Å². The van der Waals surface area contributed by atoms with Gasteiger partial charge in [-0.1, -0.05) is 34.1 Å². The first kappa shape index (κ1) is 13.0. The summed E-state index contributed by atoms with van der Waals surface area (Å²) < 4.78 is 0. The van der Waals surface area contributed by atoms with E-state index >= 15 is 0 Å². The lowest BCUT2D eigenvalue weighted by molar-refractivity contribution is -0.0144. The molecule has 1 saturated carbocycles. The SMILES string of the molecule is CC(C)C1C2CCC(CC2)N1C.CCC. The number of nitrogens with zero attached hydrogens (tertiary/aromatic N) is 1. The Morgan fingerprint density at radius 2 is 1.53 bits per heavy atom. The number of rotatable bonds is 1. The molecule has 1 nitrogen and oxygen atoms in total. The Labute approximate surface area is 96.2 Å². The van der Waals surface area contributed by atoms with E-state index in [1.165, 1.54) is 32.1 Å². The van der Waals surface area contributed by atoms with Crippen molar-refractivity contribution in [3.05, 3.63) is 0 Å². The summed E-state index contributed by atoms with van der Waals surface area (Å²) in [6, 6.07) is 1.81. The van der Waals surface area contributed by atoms with E-state index in [0.29, 0.717) is 0 Å². The number of piperidine rings is 2. The van der Waals surface area contributed by atoms with Gasteiger partial charge in [0.2, 0.25) is 0 Å². The van der Waals surface area contributed by atoms with E-state index in [1.807, 2.05) is 0 Å². The molecule has 1 heteroatoms. The van der Waals surface area contributed by atoms with Gasteiger partial charge in [0.25, 0.3) is 0 Å². The Morgan fingerprint density at radius 1 is 1.07 bits per heavy atom. The van der Waals surface area contributed by atoms with Crippen molar-refractivity contribution in [2.24, 2.45) is 11.8 Å². The molecule has 0 spiro atoms. The van der Waals surface area contributed by atoms with Gasteiger partial charge in [-0.3, -0.25) is 4.90 Å². The van der Waals surface area contributed by atoms with Crippen LogP contribution in [0.3, 0.4) is 0 Å². The van der Waals surface area contributed by atoms with Crippen LogP contribution in [0.25, 0.3) is 0 Å². The fraction of sp³-hybridized carbons (Fsp3) is 1.00. The van der Waals surface area contributed by atoms with Crippen molar-refractivity contribution in [1.29, 1.82) is 0 Å². The maximum Gasteiger partial charge on any atom is 0.0146 e. The molecule has 0 N–H and O–H groups in total. The molecule has 0 aromatic rings. The molecule has 0 amide bonds. The molecule has 3 fully saturated rings. The van der Waals surface area contributed by atoms with Crippen LogP contribution in [0.1, 0.15) is 59.8 Å². The summed E-state index contributed by atoms with van der Waals surface area (Å²) in [5.41, 5.74) is 0. The van der Waals surface area contributed by atoms with E-state index in [9.17, 15) is 0 Å². The highest BCUT2D eigenvalue weighted by atomic mass is 15.2. The zero-order valence-electron chi connectivity index (χ0n) is 11.3. The number of fused-ring (bicyclic) bond motifs is 3. The highest BCUT2D eigenvalue weighted by molar-refractivity contribution is 4.94. The van der Waals surface area contributed by atoms with Gasteiger partial charge in [-0.25, -0.2) is 0 Å². The van der Waals surface area contributed by atoms with Crippen molar-refractivity contribution in [1.82, 2.24) is 4.90 Å². The van der Waals surface area contributed by atoms with Crippen LogP contribution in [-0.2, 0) is 0 Å². The third kappa shape index (κ3) is 2.96. The second kappa shape index (κ2) is 5.89. The van der Waals surface area contributed by atoms with E-state index in [1.54, 1.807) is 0 Å². The van der Waals surface area contributed by atoms with Gasteiger partial charge in [0.1, 0.15) is 0 Å². The Kier molecular flexibility index (Phi) is 5.11. The van der Waals surface area contributed by atoms with E-state index in [0.717, 1.165) is 23.9 Å². The maximum atomic E-state index is 2.66. The first-order chi connectivity index (χ1) is 7.11. The largest absolute Gasteiger partial charge is 0.300 e. The standard InChI is InChI=1S/C11H21N.C3H8/c1-8(2)11-9-4-6-10(7-5-9)12(11)3;1-3-2/h8-11H,4-7H2,1-3H3;3H2,1-2H3. The lowest BCUT2D eigenvalue weighted by Crippen LogP contribution is -2.55. The molecule has 0 aromatic carbocycles. The third-order valence-corrected chi connectivity index (χ3v) is 3.95. The topological polar surface area (TPSA) is 3.24 Å². The smallest absolute Gasteiger partial charge is 0.0146 e. The van der Waals surface area contributed by atoms with Gasteiger partial charge in [-0.2, -0.15) is 0 Å². The predicted octanol–water partition coefficient (Wildman–Crippen LogP) is 3.93. The van der Waals surface area contributed by atoms with Crippen molar-refractivity contribution >= 4 is 0 Å². The summed E-state index contributed by atoms with van der Waals surface area (Å²) in [5.74, 6) is 1.86. The predicted molar refractivity (Wildman–Crippen MR) is 68.1 cm³/mol. The van der Waals surface area contributed by atoms with Gasteiger partial charge in [-0.05, 0) is 44.6 Å². The van der Waals surface area contributed by atoms with Crippen LogP contribution in [0.5, 0.6) is 0 Å². The summed E-state index contributed by atoms with van der Waals surface area (Å²) >= 11 is 0. The maximum absolute atomic E-state index is 2.66. The van der Waals surface area contributed by atoms with Crippen LogP contribution < -0.4 is 0 Å². The molecule has 2 bridgehead atoms.